The zero-order valence-electron chi connectivity index (χ0n) is 17.8. The van der Waals surface area contributed by atoms with Gasteiger partial charge in [0.2, 0.25) is 5.91 Å². The van der Waals surface area contributed by atoms with Crippen LogP contribution in [0.15, 0.2) is 11.8 Å². The molecule has 1 unspecified atom stereocenters. The zero-order chi connectivity index (χ0) is 20.2. The molecule has 3 aliphatic carbocycles. The van der Waals surface area contributed by atoms with Crippen LogP contribution < -0.4 is 10.7 Å². The van der Waals surface area contributed by atoms with E-state index in [1.807, 2.05) is 5.01 Å². The second-order valence-corrected chi connectivity index (χ2v) is 10.6. The maximum atomic E-state index is 13.0. The molecule has 1 amide bonds. The number of carbonyl (C=O) groups is 2. The highest BCUT2D eigenvalue weighted by atomic mass is 16.5. The summed E-state index contributed by atoms with van der Waals surface area (Å²) in [6.07, 6.45) is 8.96. The molecule has 0 aromatic carbocycles. The van der Waals surface area contributed by atoms with E-state index < -0.39 is 5.92 Å². The van der Waals surface area contributed by atoms with Crippen molar-refractivity contribution in [3.8, 4) is 0 Å². The lowest BCUT2D eigenvalue weighted by Gasteiger charge is -2.58. The molecule has 2 saturated heterocycles. The zero-order valence-corrected chi connectivity index (χ0v) is 17.8. The van der Waals surface area contributed by atoms with Crippen LogP contribution in [0.1, 0.15) is 52.4 Å². The lowest BCUT2D eigenvalue weighted by atomic mass is 9.50. The number of hydrogen-bond acceptors (Lipinski definition) is 5. The van der Waals surface area contributed by atoms with Gasteiger partial charge in [-0.3, -0.25) is 15.0 Å². The first-order chi connectivity index (χ1) is 13.9. The van der Waals surface area contributed by atoms with Gasteiger partial charge in [-0.05, 0) is 55.3 Å². The fraction of sp³-hybridized carbons (Fsp3) is 0.826. The van der Waals surface area contributed by atoms with Gasteiger partial charge >= 0.3 is 0 Å². The van der Waals surface area contributed by atoms with Crippen LogP contribution >= 0.6 is 0 Å². The Kier molecular flexibility index (Phi) is 4.78. The van der Waals surface area contributed by atoms with Crippen molar-refractivity contribution in [2.75, 3.05) is 32.8 Å². The molecule has 5 aliphatic rings. The minimum absolute atomic E-state index is 0.0456. The van der Waals surface area contributed by atoms with Crippen molar-refractivity contribution >= 4 is 11.7 Å². The average Bonchev–Trinajstić information content (AvgIpc) is 3.10. The van der Waals surface area contributed by atoms with Crippen LogP contribution in [0.4, 0.5) is 0 Å². The second-order valence-electron chi connectivity index (χ2n) is 10.6. The predicted molar refractivity (Wildman–Crippen MR) is 110 cm³/mol. The monoisotopic (exact) mass is 401 g/mol. The van der Waals surface area contributed by atoms with Gasteiger partial charge in [0.25, 0.3) is 0 Å². The van der Waals surface area contributed by atoms with Gasteiger partial charge in [0, 0.05) is 36.8 Å². The molecule has 2 saturated carbocycles. The molecule has 4 fully saturated rings. The van der Waals surface area contributed by atoms with Crippen molar-refractivity contribution < 1.29 is 14.3 Å². The molecule has 6 atom stereocenters. The van der Waals surface area contributed by atoms with E-state index in [-0.39, 0.29) is 17.1 Å². The molecular formula is C23H35N3O3. The van der Waals surface area contributed by atoms with Gasteiger partial charge in [-0.15, -0.1) is 0 Å². The lowest BCUT2D eigenvalue weighted by molar-refractivity contribution is -0.140. The Hall–Kier alpha value is -1.40. The van der Waals surface area contributed by atoms with Crippen LogP contribution in [0.5, 0.6) is 0 Å². The van der Waals surface area contributed by atoms with Crippen LogP contribution in [-0.2, 0) is 14.3 Å². The van der Waals surface area contributed by atoms with Crippen molar-refractivity contribution in [1.82, 2.24) is 15.8 Å². The van der Waals surface area contributed by atoms with Crippen molar-refractivity contribution in [1.29, 1.82) is 0 Å². The lowest BCUT2D eigenvalue weighted by Crippen LogP contribution is -2.58. The largest absolute Gasteiger partial charge is 0.387 e. The summed E-state index contributed by atoms with van der Waals surface area (Å²) in [5.74, 6) is 1.25. The van der Waals surface area contributed by atoms with E-state index in [4.69, 9.17) is 4.74 Å². The Morgan fingerprint density at radius 2 is 2.00 bits per heavy atom. The average molecular weight is 402 g/mol. The van der Waals surface area contributed by atoms with Gasteiger partial charge < -0.3 is 10.1 Å². The van der Waals surface area contributed by atoms with Crippen molar-refractivity contribution in [3.63, 3.8) is 0 Å². The number of nitrogens with zero attached hydrogens (tertiary/aromatic N) is 1. The Morgan fingerprint density at radius 1 is 1.21 bits per heavy atom. The van der Waals surface area contributed by atoms with Crippen LogP contribution in [-0.4, -0.2) is 49.5 Å². The van der Waals surface area contributed by atoms with E-state index in [1.54, 1.807) is 6.08 Å². The third-order valence-corrected chi connectivity index (χ3v) is 9.03. The summed E-state index contributed by atoms with van der Waals surface area (Å²) < 4.78 is 5.36. The SMILES string of the molecule is C[C@@]12CCC[C@H]1[C@@H]1CNC3=CC(=O)C(C(=O)NN4CCOCC4)C[C@]3(C)[C@@H]1CC2. The first kappa shape index (κ1) is 19.6. The van der Waals surface area contributed by atoms with Crippen LogP contribution in [0.2, 0.25) is 0 Å². The third-order valence-electron chi connectivity index (χ3n) is 9.03. The fourth-order valence-corrected chi connectivity index (χ4v) is 7.36. The predicted octanol–water partition coefficient (Wildman–Crippen LogP) is 2.26. The Balaban J connectivity index is 1.37. The molecule has 2 aliphatic heterocycles. The van der Waals surface area contributed by atoms with Gasteiger partial charge in [0.1, 0.15) is 5.92 Å². The van der Waals surface area contributed by atoms with E-state index in [9.17, 15) is 9.59 Å². The summed E-state index contributed by atoms with van der Waals surface area (Å²) in [7, 11) is 0. The Bertz CT molecular complexity index is 731. The molecule has 0 aromatic rings. The highest BCUT2D eigenvalue weighted by Gasteiger charge is 2.58. The number of carbonyl (C=O) groups excluding carboxylic acids is 2. The minimum atomic E-state index is -0.580. The van der Waals surface area contributed by atoms with Gasteiger partial charge in [0.15, 0.2) is 5.78 Å². The Labute approximate surface area is 173 Å². The highest BCUT2D eigenvalue weighted by molar-refractivity contribution is 6.07. The summed E-state index contributed by atoms with van der Waals surface area (Å²) in [5.41, 5.74) is 4.47. The van der Waals surface area contributed by atoms with Crippen molar-refractivity contribution in [3.05, 3.63) is 11.8 Å². The number of hydrogen-bond donors (Lipinski definition) is 2. The number of allylic oxidation sites excluding steroid dienone is 2. The van der Waals surface area contributed by atoms with E-state index in [2.05, 4.69) is 24.6 Å². The standard InChI is InChI=1S/C23H35N3O3/c1-22-6-3-4-17(22)16-14-24-20-12-19(27)15(13-23(20,2)18(16)5-7-22)21(28)25-26-8-10-29-11-9-26/h12,15-18,24H,3-11,13-14H2,1-2H3,(H,25,28)/t15?,16-,17-,18+,22-,23+/m0/s1. The first-order valence-corrected chi connectivity index (χ1v) is 11.5. The number of morpholine rings is 1. The maximum absolute atomic E-state index is 13.0. The molecule has 0 radical (unpaired) electrons. The summed E-state index contributed by atoms with van der Waals surface area (Å²) >= 11 is 0. The number of fused-ring (bicyclic) bond motifs is 5. The Morgan fingerprint density at radius 3 is 2.79 bits per heavy atom. The molecule has 2 N–H and O–H groups in total. The number of nitrogens with one attached hydrogen (secondary N) is 2. The third kappa shape index (κ3) is 3.14. The topological polar surface area (TPSA) is 70.7 Å². The number of ketones is 1. The highest BCUT2D eigenvalue weighted by Crippen LogP contribution is 2.62. The summed E-state index contributed by atoms with van der Waals surface area (Å²) in [6.45, 7) is 8.39. The van der Waals surface area contributed by atoms with Crippen LogP contribution in [0.25, 0.3) is 0 Å². The minimum Gasteiger partial charge on any atom is -0.387 e. The number of piperidine rings is 1. The second kappa shape index (κ2) is 7.09. The van der Waals surface area contributed by atoms with E-state index in [0.29, 0.717) is 50.0 Å². The molecule has 160 valence electrons. The van der Waals surface area contributed by atoms with Crippen LogP contribution in [0.3, 0.4) is 0 Å². The van der Waals surface area contributed by atoms with E-state index >= 15 is 0 Å². The smallest absolute Gasteiger partial charge is 0.245 e. The molecule has 0 aromatic heterocycles. The maximum Gasteiger partial charge on any atom is 0.245 e. The number of amides is 1. The van der Waals surface area contributed by atoms with Gasteiger partial charge in [-0.25, -0.2) is 5.01 Å². The molecule has 0 spiro atoms. The molecule has 29 heavy (non-hydrogen) atoms. The molecular weight excluding hydrogens is 366 g/mol. The molecule has 5 rings (SSSR count). The van der Waals surface area contributed by atoms with Gasteiger partial charge in [0.05, 0.1) is 13.2 Å². The normalized spacial score (nSPS) is 44.8. The number of rotatable bonds is 2. The van der Waals surface area contributed by atoms with E-state index in [1.165, 1.54) is 32.1 Å². The van der Waals surface area contributed by atoms with Crippen molar-refractivity contribution in [2.24, 2.45) is 34.5 Å². The fourth-order valence-electron chi connectivity index (χ4n) is 7.36. The first-order valence-electron chi connectivity index (χ1n) is 11.5. The summed E-state index contributed by atoms with van der Waals surface area (Å²) in [4.78, 5) is 25.9. The van der Waals surface area contributed by atoms with Gasteiger partial charge in [-0.2, -0.15) is 0 Å². The number of ether oxygens (including phenoxy) is 1. The van der Waals surface area contributed by atoms with E-state index in [0.717, 1.165) is 18.2 Å². The number of hydrazine groups is 1. The summed E-state index contributed by atoms with van der Waals surface area (Å²) in [5, 5.41) is 5.54. The molecule has 6 nitrogen and oxygen atoms in total. The van der Waals surface area contributed by atoms with Gasteiger partial charge in [-0.1, -0.05) is 20.3 Å². The molecule has 2 heterocycles. The quantitative estimate of drug-likeness (QED) is 0.695. The van der Waals surface area contributed by atoms with Crippen LogP contribution in [0, 0.1) is 34.5 Å². The molecule has 0 bridgehead atoms. The van der Waals surface area contributed by atoms with Crippen molar-refractivity contribution in [2.45, 2.75) is 52.4 Å². The summed E-state index contributed by atoms with van der Waals surface area (Å²) in [6, 6.07) is 0. The molecule has 6 heteroatoms.